The quantitative estimate of drug-likeness (QED) is 0.0127. The summed E-state index contributed by atoms with van der Waals surface area (Å²) in [5.41, 5.74) is 2.04. The van der Waals surface area contributed by atoms with Gasteiger partial charge in [0.25, 0.3) is 0 Å². The molecule has 5 heterocycles. The maximum Gasteiger partial charge on any atom is 0.308 e. The number of hydrogen-bond donors (Lipinski definition) is 9. The monoisotopic (exact) mass is 1410 g/mol. The molecule has 0 aliphatic rings. The zero-order valence-corrected chi connectivity index (χ0v) is 61.2. The number of nitrogens with zero attached hydrogens (tertiary/aromatic N) is 9. The maximum absolute atomic E-state index is 11.9. The normalized spacial score (nSPS) is 11.4. The summed E-state index contributed by atoms with van der Waals surface area (Å²) in [6.07, 6.45) is 21.8. The molecule has 9 N–H and O–H groups in total. The number of ether oxygens (including phenoxy) is 6. The van der Waals surface area contributed by atoms with E-state index in [0.29, 0.717) is 78.9 Å². The van der Waals surface area contributed by atoms with E-state index >= 15 is 0 Å². The molecule has 4 amide bonds. The fourth-order valence-electron chi connectivity index (χ4n) is 8.80. The largest absolute Gasteiger partial charge is 0.491 e. The Balaban J connectivity index is 0.000000351. The summed E-state index contributed by atoms with van der Waals surface area (Å²) in [5, 5.41) is 32.8. The molecule has 0 bridgehead atoms. The Morgan fingerprint density at radius 2 is 0.901 bits per heavy atom. The van der Waals surface area contributed by atoms with E-state index < -0.39 is 0 Å². The molecule has 0 saturated carbocycles. The molecule has 5 aromatic heterocycles. The summed E-state index contributed by atoms with van der Waals surface area (Å²) in [4.78, 5) is 106. The van der Waals surface area contributed by atoms with Crippen LogP contribution in [0, 0.1) is 11.8 Å². The summed E-state index contributed by atoms with van der Waals surface area (Å²) in [6, 6.07) is 13.6. The van der Waals surface area contributed by atoms with Crippen LogP contribution in [-0.2, 0) is 51.5 Å². The first kappa shape index (κ1) is 85.1. The smallest absolute Gasteiger partial charge is 0.308 e. The molecule has 30 nitrogen and oxygen atoms in total. The summed E-state index contributed by atoms with van der Waals surface area (Å²) in [7, 11) is 4.41. The van der Waals surface area contributed by atoms with Gasteiger partial charge in [-0.15, -0.1) is 0 Å². The Morgan fingerprint density at radius 3 is 1.34 bits per heavy atom. The van der Waals surface area contributed by atoms with Gasteiger partial charge in [0.15, 0.2) is 46.3 Å². The zero-order chi connectivity index (χ0) is 74.3. The molecule has 0 aliphatic carbocycles. The van der Waals surface area contributed by atoms with Crippen molar-refractivity contribution >= 4 is 82.6 Å². The minimum absolute atomic E-state index is 0.0531. The van der Waals surface area contributed by atoms with Crippen LogP contribution in [0.5, 0.6) is 23.0 Å². The third-order valence-corrected chi connectivity index (χ3v) is 14.3. The van der Waals surface area contributed by atoms with Gasteiger partial charge < -0.3 is 54.8 Å². The minimum atomic E-state index is -0.297. The van der Waals surface area contributed by atoms with Crippen LogP contribution in [0.1, 0.15) is 177 Å². The molecule has 0 unspecified atom stereocenters. The number of methoxy groups -OCH3 is 3. The number of unbranched alkanes of at least 4 members (excludes halogenated alkanes) is 4. The van der Waals surface area contributed by atoms with Gasteiger partial charge in [0.05, 0.1) is 65.1 Å². The highest BCUT2D eigenvalue weighted by Crippen LogP contribution is 2.29. The van der Waals surface area contributed by atoms with Gasteiger partial charge in [0.1, 0.15) is 13.2 Å². The van der Waals surface area contributed by atoms with Gasteiger partial charge in [-0.2, -0.15) is 19.9 Å². The van der Waals surface area contributed by atoms with Crippen molar-refractivity contribution in [3.63, 3.8) is 0 Å². The Hall–Kier alpha value is -10.1. The van der Waals surface area contributed by atoms with Crippen molar-refractivity contribution in [3.8, 4) is 23.0 Å². The van der Waals surface area contributed by atoms with E-state index in [1.807, 2.05) is 56.3 Å². The van der Waals surface area contributed by atoms with Crippen molar-refractivity contribution in [2.75, 3.05) is 83.6 Å². The first-order chi connectivity index (χ1) is 48.6. The second-order valence-corrected chi connectivity index (χ2v) is 23.8. The minimum Gasteiger partial charge on any atom is -0.491 e. The summed E-state index contributed by atoms with van der Waals surface area (Å²) < 4.78 is 32.3. The van der Waals surface area contributed by atoms with Gasteiger partial charge in [-0.05, 0) is 55.4 Å². The number of aromatic nitrogens is 9. The summed E-state index contributed by atoms with van der Waals surface area (Å²) >= 11 is 0. The fourth-order valence-corrected chi connectivity index (χ4v) is 8.80. The molecule has 101 heavy (non-hydrogen) atoms. The van der Waals surface area contributed by atoms with E-state index in [1.165, 1.54) is 53.6 Å². The number of carbonyl (C=O) groups excluding carboxylic acids is 6. The third-order valence-electron chi connectivity index (χ3n) is 14.3. The van der Waals surface area contributed by atoms with Gasteiger partial charge in [0, 0.05) is 76.8 Å². The van der Waals surface area contributed by atoms with E-state index in [-0.39, 0.29) is 102 Å². The lowest BCUT2D eigenvalue weighted by molar-refractivity contribution is -0.147. The molecule has 30 heteroatoms. The van der Waals surface area contributed by atoms with Gasteiger partial charge in [-0.1, -0.05) is 131 Å². The average molecular weight is 1410 g/mol. The number of aliphatic hydroxyl groups is 1. The number of anilines is 8. The molecule has 0 saturated heterocycles. The van der Waals surface area contributed by atoms with Crippen molar-refractivity contribution in [1.29, 1.82) is 0 Å². The highest BCUT2D eigenvalue weighted by atomic mass is 16.5. The lowest BCUT2D eigenvalue weighted by Gasteiger charge is -2.21. The second-order valence-electron chi connectivity index (χ2n) is 23.8. The Labute approximate surface area is 594 Å². The molecule has 554 valence electrons. The molecule has 0 aliphatic heterocycles. The number of rotatable bonds is 40. The first-order valence-electron chi connectivity index (χ1n) is 34.3. The van der Waals surface area contributed by atoms with Crippen LogP contribution in [0.3, 0.4) is 0 Å². The predicted molar refractivity (Wildman–Crippen MR) is 390 cm³/mol. The SMILES string of the molecule is CCCCNc1nc(NC(C)=O)ncc1OCc1ccccc1.CCCC[C@@H](CC(=O)OC)Nc1nc(NC(C)=O)ncc1OC.CCCC[C@@H](CCO)Nc1nc(NC(C)=O)ncc1OCc1ccncc1.CCCC[C@@H](CCOC(=O)C(C)C)Nc1nc(NC(=O)C(C)C)ncc1OC. The molecule has 1 aromatic carbocycles. The van der Waals surface area contributed by atoms with Gasteiger partial charge in [-0.3, -0.25) is 55.0 Å². The molecule has 3 atom stereocenters. The van der Waals surface area contributed by atoms with Crippen LogP contribution >= 0.6 is 0 Å². The first-order valence-corrected chi connectivity index (χ1v) is 34.3. The third kappa shape index (κ3) is 35.5. The molecular weight excluding hydrogens is 1300 g/mol. The van der Waals surface area contributed by atoms with Crippen LogP contribution in [-0.4, -0.2) is 145 Å². The molecule has 0 fully saturated rings. The van der Waals surface area contributed by atoms with Gasteiger partial charge in [-0.25, -0.2) is 19.9 Å². The Morgan fingerprint density at radius 1 is 0.485 bits per heavy atom. The highest BCUT2D eigenvalue weighted by Gasteiger charge is 2.21. The van der Waals surface area contributed by atoms with Crippen LogP contribution < -0.4 is 61.5 Å². The van der Waals surface area contributed by atoms with Gasteiger partial charge in [0.2, 0.25) is 47.4 Å². The van der Waals surface area contributed by atoms with Crippen molar-refractivity contribution < 1.29 is 62.3 Å². The average Bonchev–Trinajstić information content (AvgIpc) is 0.872. The van der Waals surface area contributed by atoms with E-state index in [9.17, 15) is 33.9 Å². The van der Waals surface area contributed by atoms with Crippen LogP contribution in [0.15, 0.2) is 79.6 Å². The number of pyridine rings is 1. The summed E-state index contributed by atoms with van der Waals surface area (Å²) in [5.74, 6) is 3.19. The topological polar surface area (TPSA) is 390 Å². The van der Waals surface area contributed by atoms with E-state index in [2.05, 4.69) is 115 Å². The molecule has 0 radical (unpaired) electrons. The predicted octanol–water partition coefficient (Wildman–Crippen LogP) is 11.6. The standard InChI is InChI=1S/C20H34N4O4.C19H27N5O3.C17H22N4O2.C15H24N4O4/c1-7-8-9-15(10-11-28-19(26)14(4)5)22-17-16(27-6)12-21-20(23-17)24-18(25)13(2)3;1-3-4-5-16(8-11-25)23-18-17(12-21-19(24-18)22-14(2)26)27-13-15-6-9-20-10-7-15;1-3-4-10-18-16-15(11-19-17(21-16)20-13(2)22)23-12-14-8-6-5-7-9-14;1-5-6-7-11(8-13(21)23-4)18-14-12(22-3)9-16-15(19-14)17-10(2)20/h12-15H,7-11H2,1-6H3,(H2,21,22,23,24,25);6-7,9-10,12,16,25H,3-5,8,11,13H2,1-2H3,(H2,21,22,23,24,26);5-9,11H,3-4,10,12H2,1-2H3,(H2,18,19,20,21,22);9,11H,5-8H2,1-4H3,(H2,16,17,18,19,20)/t15-;16-;;11-/m00.0/s1. The lowest BCUT2D eigenvalue weighted by atomic mass is 10.1. The Bertz CT molecular complexity index is 3390. The number of hydrogen-bond acceptors (Lipinski definition) is 26. The van der Waals surface area contributed by atoms with Crippen molar-refractivity contribution in [2.24, 2.45) is 11.8 Å². The second kappa shape index (κ2) is 49.4. The Kier molecular flexibility index (Phi) is 41.6. The molecule has 0 spiro atoms. The fraction of sp³-hybridized carbons (Fsp3) is 0.535. The van der Waals surface area contributed by atoms with Crippen LogP contribution in [0.4, 0.5) is 47.1 Å². The number of benzene rings is 1. The van der Waals surface area contributed by atoms with E-state index in [4.69, 9.17) is 28.4 Å². The number of aliphatic hydroxyl groups excluding tert-OH is 1. The van der Waals surface area contributed by atoms with Crippen molar-refractivity contribution in [3.05, 3.63) is 90.8 Å². The number of nitrogens with one attached hydrogen (secondary N) is 8. The molecular formula is C71H107N17O13. The van der Waals surface area contributed by atoms with Crippen LogP contribution in [0.2, 0.25) is 0 Å². The number of esters is 2. The lowest BCUT2D eigenvalue weighted by Crippen LogP contribution is -2.25. The number of amides is 4. The summed E-state index contributed by atoms with van der Waals surface area (Å²) in [6.45, 7) is 21.9. The molecule has 6 rings (SSSR count). The van der Waals surface area contributed by atoms with E-state index in [1.54, 1.807) is 39.5 Å². The van der Waals surface area contributed by atoms with Gasteiger partial charge >= 0.3 is 11.9 Å². The highest BCUT2D eigenvalue weighted by molar-refractivity contribution is 5.91. The maximum atomic E-state index is 11.9. The molecule has 6 aromatic rings. The number of carbonyl (C=O) groups is 6. The van der Waals surface area contributed by atoms with Crippen molar-refractivity contribution in [2.45, 2.75) is 197 Å². The van der Waals surface area contributed by atoms with E-state index in [0.717, 1.165) is 88.3 Å². The van der Waals surface area contributed by atoms with Crippen LogP contribution in [0.25, 0.3) is 0 Å². The van der Waals surface area contributed by atoms with Crippen molar-refractivity contribution in [1.82, 2.24) is 44.9 Å². The zero-order valence-electron chi connectivity index (χ0n) is 61.2.